The van der Waals surface area contributed by atoms with E-state index in [2.05, 4.69) is 13.5 Å². The maximum absolute atomic E-state index is 11.3. The van der Waals surface area contributed by atoms with Crippen LogP contribution in [0.5, 0.6) is 0 Å². The Bertz CT molecular complexity index is 219. The van der Waals surface area contributed by atoms with Crippen LogP contribution >= 0.6 is 0 Å². The zero-order valence-electron chi connectivity index (χ0n) is 8.91. The maximum Gasteiger partial charge on any atom is 0.333 e. The third kappa shape index (κ3) is 2.84. The van der Waals surface area contributed by atoms with Gasteiger partial charge in [-0.1, -0.05) is 19.9 Å². The van der Waals surface area contributed by atoms with Gasteiger partial charge in [-0.15, -0.1) is 0 Å². The fourth-order valence-electron chi connectivity index (χ4n) is 1.38. The normalized spacial score (nSPS) is 18.4. The molecule has 1 rings (SSSR count). The highest BCUT2D eigenvalue weighted by Crippen LogP contribution is 2.22. The van der Waals surface area contributed by atoms with E-state index < -0.39 is 0 Å². The SMILES string of the molecule is C=C(C)C(=O)OC(CCC)C1COC1. The van der Waals surface area contributed by atoms with Crippen molar-refractivity contribution in [3.63, 3.8) is 0 Å². The monoisotopic (exact) mass is 198 g/mol. The number of ether oxygens (including phenoxy) is 2. The predicted molar refractivity (Wildman–Crippen MR) is 53.9 cm³/mol. The van der Waals surface area contributed by atoms with Crippen LogP contribution in [0.4, 0.5) is 0 Å². The fraction of sp³-hybridized carbons (Fsp3) is 0.727. The smallest absolute Gasteiger partial charge is 0.333 e. The van der Waals surface area contributed by atoms with E-state index in [4.69, 9.17) is 9.47 Å². The number of hydrogen-bond acceptors (Lipinski definition) is 3. The molecule has 1 fully saturated rings. The minimum absolute atomic E-state index is 0.0120. The van der Waals surface area contributed by atoms with E-state index in [1.807, 2.05) is 0 Å². The summed E-state index contributed by atoms with van der Waals surface area (Å²) in [6.07, 6.45) is 1.94. The molecule has 0 aromatic heterocycles. The molecule has 1 heterocycles. The van der Waals surface area contributed by atoms with Gasteiger partial charge in [0.25, 0.3) is 0 Å². The average molecular weight is 198 g/mol. The van der Waals surface area contributed by atoms with Crippen LogP contribution in [0.15, 0.2) is 12.2 Å². The molecule has 1 aliphatic rings. The Morgan fingerprint density at radius 3 is 2.64 bits per heavy atom. The molecule has 80 valence electrons. The fourth-order valence-corrected chi connectivity index (χ4v) is 1.38. The Morgan fingerprint density at radius 2 is 2.29 bits per heavy atom. The molecule has 0 aromatic carbocycles. The van der Waals surface area contributed by atoms with Crippen LogP contribution in [0.25, 0.3) is 0 Å². The standard InChI is InChI=1S/C11H18O3/c1-4-5-10(9-6-13-7-9)14-11(12)8(2)3/h9-10H,2,4-7H2,1,3H3. The molecule has 1 atom stereocenters. The second-order valence-electron chi connectivity index (χ2n) is 3.81. The number of carbonyl (C=O) groups is 1. The van der Waals surface area contributed by atoms with Crippen LogP contribution in [-0.4, -0.2) is 25.3 Å². The highest BCUT2D eigenvalue weighted by atomic mass is 16.6. The van der Waals surface area contributed by atoms with Gasteiger partial charge in [-0.05, 0) is 13.3 Å². The van der Waals surface area contributed by atoms with Gasteiger partial charge in [0.05, 0.1) is 13.2 Å². The molecule has 0 N–H and O–H groups in total. The first-order valence-corrected chi connectivity index (χ1v) is 5.09. The topological polar surface area (TPSA) is 35.5 Å². The van der Waals surface area contributed by atoms with E-state index in [1.54, 1.807) is 6.92 Å². The van der Waals surface area contributed by atoms with Crippen molar-refractivity contribution in [1.29, 1.82) is 0 Å². The molecular formula is C11H18O3. The van der Waals surface area contributed by atoms with Gasteiger partial charge >= 0.3 is 5.97 Å². The van der Waals surface area contributed by atoms with E-state index in [1.165, 1.54) is 0 Å². The minimum atomic E-state index is -0.282. The molecule has 3 nitrogen and oxygen atoms in total. The molecule has 1 saturated heterocycles. The average Bonchev–Trinajstić information content (AvgIpc) is 2.01. The summed E-state index contributed by atoms with van der Waals surface area (Å²) >= 11 is 0. The lowest BCUT2D eigenvalue weighted by Gasteiger charge is -2.33. The molecule has 0 bridgehead atoms. The number of esters is 1. The first-order valence-electron chi connectivity index (χ1n) is 5.09. The second kappa shape index (κ2) is 5.15. The highest BCUT2D eigenvalue weighted by molar-refractivity contribution is 5.87. The number of carbonyl (C=O) groups excluding carboxylic acids is 1. The first-order chi connectivity index (χ1) is 6.65. The lowest BCUT2D eigenvalue weighted by Crippen LogP contribution is -2.40. The van der Waals surface area contributed by atoms with Gasteiger partial charge in [0, 0.05) is 11.5 Å². The van der Waals surface area contributed by atoms with E-state index in [0.717, 1.165) is 12.8 Å². The number of hydrogen-bond donors (Lipinski definition) is 0. The van der Waals surface area contributed by atoms with Gasteiger partial charge in [-0.25, -0.2) is 4.79 Å². The van der Waals surface area contributed by atoms with Crippen molar-refractivity contribution in [1.82, 2.24) is 0 Å². The highest BCUT2D eigenvalue weighted by Gasteiger charge is 2.30. The van der Waals surface area contributed by atoms with Gasteiger partial charge in [0.1, 0.15) is 6.10 Å². The first kappa shape index (κ1) is 11.2. The minimum Gasteiger partial charge on any atom is -0.459 e. The summed E-state index contributed by atoms with van der Waals surface area (Å²) in [5.74, 6) is 0.105. The van der Waals surface area contributed by atoms with Crippen LogP contribution < -0.4 is 0 Å². The molecule has 1 unspecified atom stereocenters. The molecule has 0 amide bonds. The molecule has 0 radical (unpaired) electrons. The van der Waals surface area contributed by atoms with E-state index in [9.17, 15) is 4.79 Å². The van der Waals surface area contributed by atoms with Crippen LogP contribution in [0.2, 0.25) is 0 Å². The molecule has 0 saturated carbocycles. The lowest BCUT2D eigenvalue weighted by atomic mass is 9.97. The molecule has 14 heavy (non-hydrogen) atoms. The summed E-state index contributed by atoms with van der Waals surface area (Å²) in [6.45, 7) is 8.75. The van der Waals surface area contributed by atoms with Crippen molar-refractivity contribution in [3.8, 4) is 0 Å². The predicted octanol–water partition coefficient (Wildman–Crippen LogP) is 1.92. The Kier molecular flexibility index (Phi) is 4.14. The third-order valence-electron chi connectivity index (χ3n) is 2.37. The van der Waals surface area contributed by atoms with Gasteiger partial charge in [0.2, 0.25) is 0 Å². The summed E-state index contributed by atoms with van der Waals surface area (Å²) in [5.41, 5.74) is 0.464. The van der Waals surface area contributed by atoms with Gasteiger partial charge in [-0.2, -0.15) is 0 Å². The summed E-state index contributed by atoms with van der Waals surface area (Å²) < 4.78 is 10.4. The van der Waals surface area contributed by atoms with Crippen molar-refractivity contribution >= 4 is 5.97 Å². The summed E-state index contributed by atoms with van der Waals surface area (Å²) in [6, 6.07) is 0. The number of rotatable bonds is 5. The summed E-state index contributed by atoms with van der Waals surface area (Å²) in [5, 5.41) is 0. The van der Waals surface area contributed by atoms with Gasteiger partial charge in [0.15, 0.2) is 0 Å². The van der Waals surface area contributed by atoms with E-state index in [0.29, 0.717) is 24.7 Å². The zero-order chi connectivity index (χ0) is 10.6. The zero-order valence-corrected chi connectivity index (χ0v) is 8.91. The third-order valence-corrected chi connectivity index (χ3v) is 2.37. The summed E-state index contributed by atoms with van der Waals surface area (Å²) in [7, 11) is 0. The van der Waals surface area contributed by atoms with Gasteiger partial charge < -0.3 is 9.47 Å². The molecule has 0 spiro atoms. The largest absolute Gasteiger partial charge is 0.459 e. The molecular weight excluding hydrogens is 180 g/mol. The Morgan fingerprint density at radius 1 is 1.64 bits per heavy atom. The molecule has 0 aliphatic carbocycles. The van der Waals surface area contributed by atoms with E-state index >= 15 is 0 Å². The Hall–Kier alpha value is -0.830. The maximum atomic E-state index is 11.3. The lowest BCUT2D eigenvalue weighted by molar-refractivity contribution is -0.159. The van der Waals surface area contributed by atoms with Crippen LogP contribution in [0.1, 0.15) is 26.7 Å². The Labute approximate surface area is 85.1 Å². The molecule has 0 aromatic rings. The van der Waals surface area contributed by atoms with Crippen LogP contribution in [-0.2, 0) is 14.3 Å². The summed E-state index contributed by atoms with van der Waals surface area (Å²) in [4.78, 5) is 11.3. The molecule has 1 aliphatic heterocycles. The Balaban J connectivity index is 2.41. The van der Waals surface area contributed by atoms with Gasteiger partial charge in [-0.3, -0.25) is 0 Å². The van der Waals surface area contributed by atoms with Crippen molar-refractivity contribution in [2.45, 2.75) is 32.8 Å². The van der Waals surface area contributed by atoms with E-state index in [-0.39, 0.29) is 12.1 Å². The van der Waals surface area contributed by atoms with Crippen molar-refractivity contribution in [3.05, 3.63) is 12.2 Å². The second-order valence-corrected chi connectivity index (χ2v) is 3.81. The van der Waals surface area contributed by atoms with Crippen LogP contribution in [0.3, 0.4) is 0 Å². The van der Waals surface area contributed by atoms with Crippen molar-refractivity contribution < 1.29 is 14.3 Å². The quantitative estimate of drug-likeness (QED) is 0.500. The van der Waals surface area contributed by atoms with Crippen LogP contribution in [0, 0.1) is 5.92 Å². The van der Waals surface area contributed by atoms with Crippen molar-refractivity contribution in [2.24, 2.45) is 5.92 Å². The molecule has 3 heteroatoms. The van der Waals surface area contributed by atoms with Crippen molar-refractivity contribution in [2.75, 3.05) is 13.2 Å².